The minimum atomic E-state index is -0.234. The molecule has 122 valence electrons. The molecule has 0 bridgehead atoms. The summed E-state index contributed by atoms with van der Waals surface area (Å²) in [6.07, 6.45) is 1.74. The van der Waals surface area contributed by atoms with Gasteiger partial charge in [-0.05, 0) is 36.6 Å². The molecular formula is C17H26N2O3. The van der Waals surface area contributed by atoms with Crippen LogP contribution in [0.5, 0.6) is 11.5 Å². The molecule has 5 nitrogen and oxygen atoms in total. The van der Waals surface area contributed by atoms with Crippen molar-refractivity contribution in [3.63, 3.8) is 0 Å². The van der Waals surface area contributed by atoms with E-state index in [-0.39, 0.29) is 11.4 Å². The van der Waals surface area contributed by atoms with Crippen molar-refractivity contribution in [2.45, 2.75) is 27.7 Å². The Hall–Kier alpha value is -2.17. The van der Waals surface area contributed by atoms with Crippen LogP contribution in [0.4, 0.5) is 4.79 Å². The first-order valence-corrected chi connectivity index (χ1v) is 7.31. The van der Waals surface area contributed by atoms with Crippen LogP contribution in [0.1, 0.15) is 27.7 Å². The summed E-state index contributed by atoms with van der Waals surface area (Å²) >= 11 is 0. The molecule has 0 aromatic heterocycles. The van der Waals surface area contributed by atoms with Gasteiger partial charge in [0.2, 0.25) is 0 Å². The second-order valence-electron chi connectivity index (χ2n) is 6.00. The van der Waals surface area contributed by atoms with Crippen molar-refractivity contribution in [2.75, 3.05) is 20.3 Å². The number of ether oxygens (including phenoxy) is 2. The summed E-state index contributed by atoms with van der Waals surface area (Å²) in [4.78, 5) is 11.6. The number of methoxy groups -OCH3 is 1. The number of hydrogen-bond acceptors (Lipinski definition) is 3. The predicted molar refractivity (Wildman–Crippen MR) is 88.2 cm³/mol. The zero-order valence-corrected chi connectivity index (χ0v) is 14.0. The number of carbonyl (C=O) groups is 1. The van der Waals surface area contributed by atoms with Crippen molar-refractivity contribution < 1.29 is 14.3 Å². The zero-order valence-electron chi connectivity index (χ0n) is 14.0. The number of nitrogens with one attached hydrogen (secondary N) is 2. The van der Waals surface area contributed by atoms with Gasteiger partial charge in [-0.1, -0.05) is 26.3 Å². The van der Waals surface area contributed by atoms with E-state index in [1.54, 1.807) is 13.3 Å². The molecule has 0 atom stereocenters. The molecule has 2 N–H and O–H groups in total. The number of amides is 2. The van der Waals surface area contributed by atoms with Gasteiger partial charge in [0.1, 0.15) is 18.1 Å². The molecule has 1 aromatic rings. The maximum atomic E-state index is 11.6. The molecule has 0 spiro atoms. The number of rotatable bonds is 6. The van der Waals surface area contributed by atoms with E-state index in [1.807, 2.05) is 31.2 Å². The lowest BCUT2D eigenvalue weighted by molar-refractivity contribution is 0.239. The molecule has 22 heavy (non-hydrogen) atoms. The number of urea groups is 1. The van der Waals surface area contributed by atoms with Crippen molar-refractivity contribution in [2.24, 2.45) is 5.41 Å². The fraction of sp³-hybridized carbons (Fsp3) is 0.471. The van der Waals surface area contributed by atoms with Gasteiger partial charge in [0, 0.05) is 6.20 Å². The highest BCUT2D eigenvalue weighted by atomic mass is 16.5. The van der Waals surface area contributed by atoms with Crippen LogP contribution >= 0.6 is 0 Å². The van der Waals surface area contributed by atoms with Crippen LogP contribution < -0.4 is 20.1 Å². The zero-order chi connectivity index (χ0) is 16.6. The first kappa shape index (κ1) is 17.9. The summed E-state index contributed by atoms with van der Waals surface area (Å²) < 4.78 is 10.6. The Morgan fingerprint density at radius 3 is 2.32 bits per heavy atom. The summed E-state index contributed by atoms with van der Waals surface area (Å²) in [5, 5.41) is 5.46. The average Bonchev–Trinajstić information content (AvgIpc) is 2.48. The molecule has 0 aliphatic heterocycles. The lowest BCUT2D eigenvalue weighted by Crippen LogP contribution is -2.35. The van der Waals surface area contributed by atoms with E-state index >= 15 is 0 Å². The third-order valence-electron chi connectivity index (χ3n) is 3.32. The Morgan fingerprint density at radius 2 is 1.77 bits per heavy atom. The highest BCUT2D eigenvalue weighted by Crippen LogP contribution is 2.23. The molecule has 0 fully saturated rings. The maximum absolute atomic E-state index is 11.6. The fourth-order valence-electron chi connectivity index (χ4n) is 1.45. The quantitative estimate of drug-likeness (QED) is 0.793. The second kappa shape index (κ2) is 8.32. The molecule has 0 unspecified atom stereocenters. The molecule has 0 saturated carbocycles. The number of benzene rings is 1. The van der Waals surface area contributed by atoms with Gasteiger partial charge in [-0.2, -0.15) is 0 Å². The molecule has 1 rings (SSSR count). The number of allylic oxidation sites excluding steroid dienone is 1. The van der Waals surface area contributed by atoms with Gasteiger partial charge in [0.25, 0.3) is 0 Å². The van der Waals surface area contributed by atoms with Gasteiger partial charge in [0.05, 0.1) is 13.7 Å². The molecule has 0 saturated heterocycles. The topological polar surface area (TPSA) is 59.6 Å². The molecule has 0 heterocycles. The van der Waals surface area contributed by atoms with Crippen LogP contribution in [0.25, 0.3) is 0 Å². The third-order valence-corrected chi connectivity index (χ3v) is 3.32. The number of carbonyl (C=O) groups excluding carboxylic acids is 1. The van der Waals surface area contributed by atoms with E-state index in [1.165, 1.54) is 0 Å². The van der Waals surface area contributed by atoms with Gasteiger partial charge >= 0.3 is 6.03 Å². The van der Waals surface area contributed by atoms with Gasteiger partial charge in [-0.3, -0.25) is 0 Å². The molecule has 0 radical (unpaired) electrons. The van der Waals surface area contributed by atoms with Crippen molar-refractivity contribution >= 4 is 6.03 Å². The Balaban J connectivity index is 2.25. The van der Waals surface area contributed by atoms with Crippen LogP contribution in [0.15, 0.2) is 36.0 Å². The molecule has 1 aromatic carbocycles. The van der Waals surface area contributed by atoms with Gasteiger partial charge < -0.3 is 20.1 Å². The molecular weight excluding hydrogens is 280 g/mol. The first-order valence-electron chi connectivity index (χ1n) is 7.31. The van der Waals surface area contributed by atoms with Gasteiger partial charge in [0.15, 0.2) is 0 Å². The minimum Gasteiger partial charge on any atom is -0.497 e. The Bertz CT molecular complexity index is 502. The number of hydrogen-bond donors (Lipinski definition) is 2. The highest BCUT2D eigenvalue weighted by Gasteiger charge is 2.12. The molecule has 2 amide bonds. The minimum absolute atomic E-state index is 0.0464. The van der Waals surface area contributed by atoms with E-state index in [2.05, 4.69) is 31.4 Å². The second-order valence-corrected chi connectivity index (χ2v) is 6.00. The van der Waals surface area contributed by atoms with Crippen LogP contribution in [0.2, 0.25) is 0 Å². The molecule has 5 heteroatoms. The fourth-order valence-corrected chi connectivity index (χ4v) is 1.45. The van der Waals surface area contributed by atoms with E-state index in [0.29, 0.717) is 13.2 Å². The van der Waals surface area contributed by atoms with Crippen molar-refractivity contribution in [1.82, 2.24) is 10.6 Å². The Labute approximate surface area is 132 Å². The summed E-state index contributed by atoms with van der Waals surface area (Å²) in [5.41, 5.74) is 1.15. The van der Waals surface area contributed by atoms with Gasteiger partial charge in [-0.25, -0.2) is 4.79 Å². The average molecular weight is 306 g/mol. The SMILES string of the molecule is COc1ccc(OCCNC(=O)N/C=C(\C)C(C)(C)C)cc1. The normalized spacial score (nSPS) is 11.8. The van der Waals surface area contributed by atoms with Crippen LogP contribution in [0, 0.1) is 5.41 Å². The maximum Gasteiger partial charge on any atom is 0.318 e. The van der Waals surface area contributed by atoms with E-state index in [0.717, 1.165) is 17.1 Å². The summed E-state index contributed by atoms with van der Waals surface area (Å²) in [5.74, 6) is 1.53. The van der Waals surface area contributed by atoms with Crippen LogP contribution in [-0.2, 0) is 0 Å². The smallest absolute Gasteiger partial charge is 0.318 e. The third kappa shape index (κ3) is 6.52. The lowest BCUT2D eigenvalue weighted by Gasteiger charge is -2.19. The Kier molecular flexibility index (Phi) is 6.76. The predicted octanol–water partition coefficient (Wildman–Crippen LogP) is 3.32. The van der Waals surface area contributed by atoms with Crippen LogP contribution in [-0.4, -0.2) is 26.3 Å². The van der Waals surface area contributed by atoms with Crippen molar-refractivity contribution in [3.05, 3.63) is 36.0 Å². The summed E-state index contributed by atoms with van der Waals surface area (Å²) in [6, 6.07) is 7.08. The molecule has 0 aliphatic rings. The molecule has 0 aliphatic carbocycles. The van der Waals surface area contributed by atoms with Gasteiger partial charge in [-0.15, -0.1) is 0 Å². The van der Waals surface area contributed by atoms with E-state index in [9.17, 15) is 4.79 Å². The summed E-state index contributed by atoms with van der Waals surface area (Å²) in [6.45, 7) is 9.12. The standard InChI is InChI=1S/C17H26N2O3/c1-13(17(2,3)4)12-19-16(20)18-10-11-22-15-8-6-14(21-5)7-9-15/h6-9,12H,10-11H2,1-5H3,(H2,18,19,20)/b13-12+. The van der Waals surface area contributed by atoms with Crippen molar-refractivity contribution in [3.8, 4) is 11.5 Å². The highest BCUT2D eigenvalue weighted by molar-refractivity contribution is 5.74. The van der Waals surface area contributed by atoms with Crippen molar-refractivity contribution in [1.29, 1.82) is 0 Å². The lowest BCUT2D eigenvalue weighted by atomic mass is 9.88. The first-order chi connectivity index (χ1) is 10.3. The van der Waals surface area contributed by atoms with E-state index in [4.69, 9.17) is 9.47 Å². The van der Waals surface area contributed by atoms with Crippen LogP contribution in [0.3, 0.4) is 0 Å². The van der Waals surface area contributed by atoms with E-state index < -0.39 is 0 Å². The monoisotopic (exact) mass is 306 g/mol. The summed E-state index contributed by atoms with van der Waals surface area (Å²) in [7, 11) is 1.62. The Morgan fingerprint density at radius 1 is 1.18 bits per heavy atom. The largest absolute Gasteiger partial charge is 0.497 e.